The number of hydrogen-bond acceptors (Lipinski definition) is 2. The van der Waals surface area contributed by atoms with Gasteiger partial charge in [0.1, 0.15) is 5.75 Å². The SMILES string of the molecule is Oc1ccc2c(c1)c1c(n2Nc2ccccc2)Cc2ccccc2-1. The van der Waals surface area contributed by atoms with Crippen LogP contribution in [0.2, 0.25) is 0 Å². The van der Waals surface area contributed by atoms with E-state index in [1.165, 1.54) is 22.4 Å². The fourth-order valence-electron chi connectivity index (χ4n) is 3.67. The van der Waals surface area contributed by atoms with Gasteiger partial charge in [-0.2, -0.15) is 0 Å². The molecular weight excluding hydrogens is 296 g/mol. The molecule has 0 radical (unpaired) electrons. The first kappa shape index (κ1) is 13.3. The van der Waals surface area contributed by atoms with Crippen molar-refractivity contribution in [1.82, 2.24) is 4.68 Å². The van der Waals surface area contributed by atoms with E-state index >= 15 is 0 Å². The van der Waals surface area contributed by atoms with E-state index in [2.05, 4.69) is 46.5 Å². The normalized spacial score (nSPS) is 12.2. The molecule has 0 saturated heterocycles. The van der Waals surface area contributed by atoms with E-state index in [4.69, 9.17) is 0 Å². The van der Waals surface area contributed by atoms with Crippen LogP contribution >= 0.6 is 0 Å². The van der Waals surface area contributed by atoms with Gasteiger partial charge in [0.15, 0.2) is 0 Å². The van der Waals surface area contributed by atoms with Gasteiger partial charge in [0.05, 0.1) is 16.9 Å². The quantitative estimate of drug-likeness (QED) is 0.491. The van der Waals surface area contributed by atoms with E-state index in [0.717, 1.165) is 23.0 Å². The molecule has 0 spiro atoms. The van der Waals surface area contributed by atoms with Crippen LogP contribution < -0.4 is 5.43 Å². The molecule has 0 saturated carbocycles. The molecule has 0 bridgehead atoms. The molecule has 0 unspecified atom stereocenters. The van der Waals surface area contributed by atoms with E-state index < -0.39 is 0 Å². The summed E-state index contributed by atoms with van der Waals surface area (Å²) in [7, 11) is 0. The van der Waals surface area contributed by atoms with Crippen molar-refractivity contribution >= 4 is 16.6 Å². The van der Waals surface area contributed by atoms with Gasteiger partial charge in [0, 0.05) is 17.4 Å². The van der Waals surface area contributed by atoms with Gasteiger partial charge in [0.25, 0.3) is 0 Å². The summed E-state index contributed by atoms with van der Waals surface area (Å²) in [6.45, 7) is 0. The summed E-state index contributed by atoms with van der Waals surface area (Å²) < 4.78 is 2.15. The maximum atomic E-state index is 9.98. The van der Waals surface area contributed by atoms with Crippen molar-refractivity contribution in [3.8, 4) is 16.9 Å². The fraction of sp³-hybridized carbons (Fsp3) is 0.0476. The molecule has 5 rings (SSSR count). The molecule has 1 aliphatic carbocycles. The molecule has 3 aromatic carbocycles. The third-order valence-corrected chi connectivity index (χ3v) is 4.71. The number of nitrogens with one attached hydrogen (secondary N) is 1. The summed E-state index contributed by atoms with van der Waals surface area (Å²) in [5.74, 6) is 0.298. The number of aromatic nitrogens is 1. The van der Waals surface area contributed by atoms with Crippen LogP contribution in [0, 0.1) is 0 Å². The average Bonchev–Trinajstić information content (AvgIpc) is 3.12. The summed E-state index contributed by atoms with van der Waals surface area (Å²) in [5.41, 5.74) is 10.7. The van der Waals surface area contributed by atoms with Gasteiger partial charge in [-0.3, -0.25) is 10.1 Å². The average molecular weight is 312 g/mol. The molecule has 4 aromatic rings. The summed E-state index contributed by atoms with van der Waals surface area (Å²) in [6, 6.07) is 24.2. The van der Waals surface area contributed by atoms with E-state index in [9.17, 15) is 5.11 Å². The molecule has 0 atom stereocenters. The van der Waals surface area contributed by atoms with Gasteiger partial charge < -0.3 is 5.11 Å². The van der Waals surface area contributed by atoms with Crippen LogP contribution in [-0.2, 0) is 6.42 Å². The fourth-order valence-corrected chi connectivity index (χ4v) is 3.67. The van der Waals surface area contributed by atoms with Gasteiger partial charge in [-0.15, -0.1) is 0 Å². The molecule has 0 fully saturated rings. The van der Waals surface area contributed by atoms with Crippen LogP contribution in [-0.4, -0.2) is 9.78 Å². The summed E-state index contributed by atoms with van der Waals surface area (Å²) in [6.07, 6.45) is 0.890. The second-order valence-electron chi connectivity index (χ2n) is 6.17. The van der Waals surface area contributed by atoms with Gasteiger partial charge in [-0.25, -0.2) is 0 Å². The Morgan fingerprint density at radius 2 is 1.67 bits per heavy atom. The number of phenols is 1. The largest absolute Gasteiger partial charge is 0.508 e. The number of nitrogens with zero attached hydrogens (tertiary/aromatic N) is 1. The van der Waals surface area contributed by atoms with Crippen molar-refractivity contribution < 1.29 is 5.11 Å². The lowest BCUT2D eigenvalue weighted by Crippen LogP contribution is -2.11. The molecule has 116 valence electrons. The molecule has 1 heterocycles. The number of para-hydroxylation sites is 1. The first-order chi connectivity index (χ1) is 11.8. The molecule has 1 aliphatic rings. The van der Waals surface area contributed by atoms with Crippen LogP contribution in [0.5, 0.6) is 5.75 Å². The van der Waals surface area contributed by atoms with Gasteiger partial charge in [0.2, 0.25) is 0 Å². The summed E-state index contributed by atoms with van der Waals surface area (Å²) in [4.78, 5) is 0. The molecular formula is C21H16N2O. The van der Waals surface area contributed by atoms with E-state index in [0.29, 0.717) is 5.75 Å². The van der Waals surface area contributed by atoms with Crippen molar-refractivity contribution in [2.45, 2.75) is 6.42 Å². The minimum atomic E-state index is 0.298. The number of fused-ring (bicyclic) bond motifs is 5. The Hall–Kier alpha value is -3.20. The molecule has 24 heavy (non-hydrogen) atoms. The van der Waals surface area contributed by atoms with Crippen LogP contribution in [0.15, 0.2) is 72.8 Å². The molecule has 2 N–H and O–H groups in total. The number of hydrogen-bond donors (Lipinski definition) is 2. The highest BCUT2D eigenvalue weighted by molar-refractivity contribution is 6.02. The maximum Gasteiger partial charge on any atom is 0.116 e. The standard InChI is InChI=1S/C21H16N2O/c24-16-10-11-19-18(13-16)21-17-9-5-4-6-14(17)12-20(21)23(19)22-15-7-2-1-3-8-15/h1-11,13,22,24H,12H2. The number of rotatable bonds is 2. The van der Waals surface area contributed by atoms with Crippen molar-refractivity contribution in [1.29, 1.82) is 0 Å². The predicted octanol–water partition coefficient (Wildman–Crippen LogP) is 4.79. The molecule has 0 aliphatic heterocycles. The predicted molar refractivity (Wildman–Crippen MR) is 97.3 cm³/mol. The Morgan fingerprint density at radius 1 is 0.875 bits per heavy atom. The topological polar surface area (TPSA) is 37.2 Å². The van der Waals surface area contributed by atoms with E-state index in [1.54, 1.807) is 6.07 Å². The Morgan fingerprint density at radius 3 is 2.54 bits per heavy atom. The lowest BCUT2D eigenvalue weighted by molar-refractivity contribution is 0.476. The Kier molecular flexibility index (Phi) is 2.71. The van der Waals surface area contributed by atoms with Crippen LogP contribution in [0.4, 0.5) is 5.69 Å². The number of anilines is 1. The minimum absolute atomic E-state index is 0.298. The zero-order chi connectivity index (χ0) is 16.1. The summed E-state index contributed by atoms with van der Waals surface area (Å²) >= 11 is 0. The molecule has 3 nitrogen and oxygen atoms in total. The number of benzene rings is 3. The van der Waals surface area contributed by atoms with Crippen LogP contribution in [0.25, 0.3) is 22.0 Å². The Bertz CT molecular complexity index is 1060. The van der Waals surface area contributed by atoms with Crippen molar-refractivity contribution in [3.63, 3.8) is 0 Å². The monoisotopic (exact) mass is 312 g/mol. The lowest BCUT2D eigenvalue weighted by Gasteiger charge is -2.13. The van der Waals surface area contributed by atoms with Crippen LogP contribution in [0.1, 0.15) is 11.3 Å². The molecule has 0 amide bonds. The smallest absolute Gasteiger partial charge is 0.116 e. The summed E-state index contributed by atoms with van der Waals surface area (Å²) in [5, 5.41) is 11.1. The third-order valence-electron chi connectivity index (χ3n) is 4.71. The number of aromatic hydroxyl groups is 1. The zero-order valence-corrected chi connectivity index (χ0v) is 13.0. The van der Waals surface area contributed by atoms with Gasteiger partial charge in [-0.1, -0.05) is 42.5 Å². The minimum Gasteiger partial charge on any atom is -0.508 e. The van der Waals surface area contributed by atoms with E-state index in [1.807, 2.05) is 30.3 Å². The Balaban J connectivity index is 1.78. The van der Waals surface area contributed by atoms with Crippen LogP contribution in [0.3, 0.4) is 0 Å². The van der Waals surface area contributed by atoms with E-state index in [-0.39, 0.29) is 0 Å². The second kappa shape index (κ2) is 4.90. The van der Waals surface area contributed by atoms with Gasteiger partial charge >= 0.3 is 0 Å². The highest BCUT2D eigenvalue weighted by Crippen LogP contribution is 2.44. The maximum absolute atomic E-state index is 9.98. The highest BCUT2D eigenvalue weighted by atomic mass is 16.3. The number of phenolic OH excluding ortho intramolecular Hbond substituents is 1. The third kappa shape index (κ3) is 1.85. The lowest BCUT2D eigenvalue weighted by atomic mass is 10.0. The molecule has 3 heteroatoms. The first-order valence-corrected chi connectivity index (χ1v) is 8.08. The Labute approximate surface area is 139 Å². The first-order valence-electron chi connectivity index (χ1n) is 8.08. The van der Waals surface area contributed by atoms with Crippen molar-refractivity contribution in [2.75, 3.05) is 5.43 Å². The van der Waals surface area contributed by atoms with Crippen molar-refractivity contribution in [3.05, 3.63) is 84.1 Å². The zero-order valence-electron chi connectivity index (χ0n) is 13.0. The van der Waals surface area contributed by atoms with Gasteiger partial charge in [-0.05, 0) is 41.5 Å². The molecule has 1 aromatic heterocycles. The second-order valence-corrected chi connectivity index (χ2v) is 6.17. The highest BCUT2D eigenvalue weighted by Gasteiger charge is 2.26. The van der Waals surface area contributed by atoms with Crippen molar-refractivity contribution in [2.24, 2.45) is 0 Å².